The molecule has 0 saturated heterocycles. The zero-order valence-electron chi connectivity index (χ0n) is 28.7. The number of nitrogens with zero attached hydrogens (tertiary/aromatic N) is 2. The summed E-state index contributed by atoms with van der Waals surface area (Å²) >= 11 is 0. The van der Waals surface area contributed by atoms with E-state index >= 15 is 0 Å². The van der Waals surface area contributed by atoms with Gasteiger partial charge in [-0.3, -0.25) is 0 Å². The first-order valence-corrected chi connectivity index (χ1v) is 18.1. The molecule has 0 N–H and O–H groups in total. The molecule has 0 radical (unpaired) electrons. The first kappa shape index (κ1) is 29.5. The highest BCUT2D eigenvalue weighted by Crippen LogP contribution is 2.44. The second kappa shape index (κ2) is 11.4. The van der Waals surface area contributed by atoms with Crippen LogP contribution in [0.4, 0.5) is 0 Å². The fourth-order valence-electron chi connectivity index (χ4n) is 8.71. The maximum Gasteiger partial charge on any atom is 0.0992 e. The molecule has 0 amide bonds. The van der Waals surface area contributed by atoms with Crippen molar-refractivity contribution in [1.82, 2.24) is 4.57 Å². The van der Waals surface area contributed by atoms with Crippen molar-refractivity contribution in [2.45, 2.75) is 0 Å². The van der Waals surface area contributed by atoms with E-state index in [9.17, 15) is 5.26 Å². The Labute approximate surface area is 306 Å². The Morgan fingerprint density at radius 2 is 0.925 bits per heavy atom. The van der Waals surface area contributed by atoms with Gasteiger partial charge in [-0.15, -0.1) is 0 Å². The Kier molecular flexibility index (Phi) is 6.35. The topological polar surface area (TPSA) is 28.7 Å². The van der Waals surface area contributed by atoms with Crippen molar-refractivity contribution in [1.29, 1.82) is 5.26 Å². The monoisotopic (exact) mass is 670 g/mol. The third-order valence-corrected chi connectivity index (χ3v) is 11.2. The van der Waals surface area contributed by atoms with Gasteiger partial charge in [0, 0.05) is 16.5 Å². The molecule has 2 heteroatoms. The van der Waals surface area contributed by atoms with Gasteiger partial charge in [0.2, 0.25) is 0 Å². The van der Waals surface area contributed by atoms with E-state index in [2.05, 4.69) is 174 Å². The number of hydrogen-bond acceptors (Lipinski definition) is 1. The lowest BCUT2D eigenvalue weighted by Crippen LogP contribution is -1.93. The highest BCUT2D eigenvalue weighted by molar-refractivity contribution is 6.28. The van der Waals surface area contributed by atoms with Crippen LogP contribution in [0.15, 0.2) is 182 Å². The summed E-state index contributed by atoms with van der Waals surface area (Å²) in [7, 11) is 0. The molecule has 0 atom stereocenters. The Bertz CT molecular complexity index is 3260. The van der Waals surface area contributed by atoms with Crippen LogP contribution in [0, 0.1) is 11.3 Å². The molecular weight excluding hydrogens is 641 g/mol. The quantitative estimate of drug-likeness (QED) is 0.171. The van der Waals surface area contributed by atoms with E-state index in [-0.39, 0.29) is 0 Å². The zero-order valence-corrected chi connectivity index (χ0v) is 28.7. The van der Waals surface area contributed by atoms with Gasteiger partial charge < -0.3 is 4.57 Å². The van der Waals surface area contributed by atoms with Crippen LogP contribution in [0.1, 0.15) is 5.56 Å². The van der Waals surface area contributed by atoms with Gasteiger partial charge >= 0.3 is 0 Å². The van der Waals surface area contributed by atoms with Gasteiger partial charge in [-0.2, -0.15) is 5.26 Å². The van der Waals surface area contributed by atoms with Gasteiger partial charge in [0.05, 0.1) is 22.7 Å². The summed E-state index contributed by atoms with van der Waals surface area (Å²) in [4.78, 5) is 0. The standard InChI is InChI=1S/C51H30N2/c52-31-32-13-23-44-45-26-22-38(30-49(45)53(48(44)29-32)39-9-2-1-3-10-39)33-14-16-35(17-15-33)41-24-18-36-21-28-47-43(25-19-37-20-27-46(41)50(36)51(37)47)42-12-6-8-34-7-4-5-11-40(34)42/h1-30H. The molecule has 0 saturated carbocycles. The van der Waals surface area contributed by atoms with Gasteiger partial charge in [0.15, 0.2) is 0 Å². The first-order valence-electron chi connectivity index (χ1n) is 18.1. The lowest BCUT2D eigenvalue weighted by molar-refractivity contribution is 1.18. The van der Waals surface area contributed by atoms with Crippen LogP contribution in [0.3, 0.4) is 0 Å². The molecule has 0 fully saturated rings. The van der Waals surface area contributed by atoms with Crippen LogP contribution in [0.25, 0.3) is 104 Å². The lowest BCUT2D eigenvalue weighted by atomic mass is 9.86. The lowest BCUT2D eigenvalue weighted by Gasteiger charge is -2.17. The Hall–Kier alpha value is -7.21. The summed E-state index contributed by atoms with van der Waals surface area (Å²) < 4.78 is 2.28. The third-order valence-electron chi connectivity index (χ3n) is 11.2. The molecule has 11 rings (SSSR count). The van der Waals surface area contributed by atoms with Crippen molar-refractivity contribution in [2.24, 2.45) is 0 Å². The van der Waals surface area contributed by atoms with E-state index in [1.165, 1.54) is 70.7 Å². The van der Waals surface area contributed by atoms with Crippen molar-refractivity contribution in [3.05, 3.63) is 188 Å². The molecule has 0 aliphatic carbocycles. The van der Waals surface area contributed by atoms with E-state index in [0.29, 0.717) is 5.56 Å². The number of benzene rings is 10. The smallest absolute Gasteiger partial charge is 0.0992 e. The van der Waals surface area contributed by atoms with Crippen LogP contribution >= 0.6 is 0 Å². The highest BCUT2D eigenvalue weighted by atomic mass is 15.0. The number of rotatable bonds is 4. The second-order valence-corrected chi connectivity index (χ2v) is 14.0. The van der Waals surface area contributed by atoms with E-state index in [4.69, 9.17) is 0 Å². The molecule has 2 nitrogen and oxygen atoms in total. The predicted molar refractivity (Wildman–Crippen MR) is 223 cm³/mol. The van der Waals surface area contributed by atoms with Gasteiger partial charge in [0.25, 0.3) is 0 Å². The van der Waals surface area contributed by atoms with Crippen LogP contribution in [0.5, 0.6) is 0 Å². The predicted octanol–water partition coefficient (Wildman–Crippen LogP) is 13.7. The van der Waals surface area contributed by atoms with E-state index in [0.717, 1.165) is 33.2 Å². The largest absolute Gasteiger partial charge is 0.309 e. The summed E-state index contributed by atoms with van der Waals surface area (Å²) in [6.07, 6.45) is 0. The minimum Gasteiger partial charge on any atom is -0.309 e. The van der Waals surface area contributed by atoms with E-state index < -0.39 is 0 Å². The third kappa shape index (κ3) is 4.45. The number of nitriles is 1. The molecule has 53 heavy (non-hydrogen) atoms. The Morgan fingerprint density at radius 3 is 1.70 bits per heavy atom. The van der Waals surface area contributed by atoms with E-state index in [1.807, 2.05) is 18.2 Å². The van der Waals surface area contributed by atoms with Gasteiger partial charge in [-0.25, -0.2) is 0 Å². The molecule has 0 aliphatic heterocycles. The molecular formula is C51H30N2. The summed E-state index contributed by atoms with van der Waals surface area (Å²) in [6, 6.07) is 68.1. The molecule has 11 aromatic rings. The van der Waals surface area contributed by atoms with E-state index in [1.54, 1.807) is 0 Å². The average molecular weight is 671 g/mol. The molecule has 0 bridgehead atoms. The maximum atomic E-state index is 9.69. The second-order valence-electron chi connectivity index (χ2n) is 14.0. The normalized spacial score (nSPS) is 11.8. The summed E-state index contributed by atoms with van der Waals surface area (Å²) in [6.45, 7) is 0. The van der Waals surface area contributed by atoms with Crippen molar-refractivity contribution in [3.8, 4) is 45.1 Å². The number of fused-ring (bicyclic) bond motifs is 4. The van der Waals surface area contributed by atoms with Crippen molar-refractivity contribution in [3.63, 3.8) is 0 Å². The first-order chi connectivity index (χ1) is 26.2. The van der Waals surface area contributed by atoms with Gasteiger partial charge in [-0.1, -0.05) is 152 Å². The van der Waals surface area contributed by atoms with Crippen LogP contribution in [-0.2, 0) is 0 Å². The average Bonchev–Trinajstić information content (AvgIpc) is 3.55. The SMILES string of the molecule is N#Cc1ccc2c3ccc(-c4ccc(-c5ccc6ccc7c(-c8cccc9ccccc89)ccc8ccc5c6c87)cc4)cc3n(-c3ccccc3)c2c1. The van der Waals surface area contributed by atoms with Crippen LogP contribution in [0.2, 0.25) is 0 Å². The zero-order chi connectivity index (χ0) is 35.0. The Balaban J connectivity index is 1.04. The van der Waals surface area contributed by atoms with Gasteiger partial charge in [-0.05, 0) is 107 Å². The summed E-state index contributed by atoms with van der Waals surface area (Å²) in [5.74, 6) is 0. The highest BCUT2D eigenvalue weighted by Gasteiger charge is 2.17. The van der Waals surface area contributed by atoms with Crippen molar-refractivity contribution >= 4 is 64.9 Å². The minimum absolute atomic E-state index is 0.658. The van der Waals surface area contributed by atoms with Gasteiger partial charge in [0.1, 0.15) is 0 Å². The fraction of sp³-hybridized carbons (Fsp3) is 0. The summed E-state index contributed by atoms with van der Waals surface area (Å²) in [5, 5.41) is 22.3. The molecule has 244 valence electrons. The molecule has 0 unspecified atom stereocenters. The number of aromatic nitrogens is 1. The van der Waals surface area contributed by atoms with Crippen LogP contribution < -0.4 is 0 Å². The van der Waals surface area contributed by atoms with Crippen LogP contribution in [-0.4, -0.2) is 4.57 Å². The molecule has 1 heterocycles. The number of hydrogen-bond donors (Lipinski definition) is 0. The molecule has 1 aromatic heterocycles. The molecule has 0 aliphatic rings. The maximum absolute atomic E-state index is 9.69. The Morgan fingerprint density at radius 1 is 0.358 bits per heavy atom. The molecule has 10 aromatic carbocycles. The fourth-order valence-corrected chi connectivity index (χ4v) is 8.71. The number of para-hydroxylation sites is 1. The van der Waals surface area contributed by atoms with Crippen molar-refractivity contribution < 1.29 is 0 Å². The summed E-state index contributed by atoms with van der Waals surface area (Å²) in [5.41, 5.74) is 11.2. The molecule has 0 spiro atoms. The minimum atomic E-state index is 0.658. The van der Waals surface area contributed by atoms with Crippen molar-refractivity contribution in [2.75, 3.05) is 0 Å².